The van der Waals surface area contributed by atoms with Crippen LogP contribution in [0, 0.1) is 23.1 Å². The molecule has 1 aliphatic carbocycles. The summed E-state index contributed by atoms with van der Waals surface area (Å²) in [4.78, 5) is 27.7. The van der Waals surface area contributed by atoms with Gasteiger partial charge in [0.25, 0.3) is 0 Å². The molecule has 1 N–H and O–H groups in total. The first-order valence-corrected chi connectivity index (χ1v) is 13.2. The molecule has 196 valence electrons. The van der Waals surface area contributed by atoms with Crippen molar-refractivity contribution in [2.24, 2.45) is 5.92 Å². The first kappa shape index (κ1) is 26.8. The first-order chi connectivity index (χ1) is 17.5. The number of nitrogens with zero attached hydrogens (tertiary/aromatic N) is 2. The number of nitrogens with one attached hydrogen (secondary N) is 1. The van der Waals surface area contributed by atoms with E-state index in [-0.39, 0.29) is 28.8 Å². The minimum absolute atomic E-state index is 0.00156. The number of benzene rings is 2. The zero-order valence-corrected chi connectivity index (χ0v) is 21.7. The molecular formula is C27H29FN3O5S-. The molecule has 37 heavy (non-hydrogen) atoms. The predicted octanol–water partition coefficient (Wildman–Crippen LogP) is 4.07. The normalized spacial score (nSPS) is 22.3. The van der Waals surface area contributed by atoms with Crippen LogP contribution in [0.1, 0.15) is 45.6 Å². The number of fused-ring (bicyclic) bond motifs is 2. The lowest BCUT2D eigenvalue weighted by Gasteiger charge is -2.35. The van der Waals surface area contributed by atoms with E-state index in [1.54, 1.807) is 45.0 Å². The van der Waals surface area contributed by atoms with E-state index < -0.39 is 46.6 Å². The number of rotatable bonds is 6. The van der Waals surface area contributed by atoms with Gasteiger partial charge in [-0.1, -0.05) is 24.3 Å². The lowest BCUT2D eigenvalue weighted by atomic mass is 9.97. The van der Waals surface area contributed by atoms with Gasteiger partial charge in [-0.25, -0.2) is 9.18 Å². The van der Waals surface area contributed by atoms with E-state index in [0.29, 0.717) is 11.1 Å². The fourth-order valence-corrected chi connectivity index (χ4v) is 5.52. The van der Waals surface area contributed by atoms with Crippen molar-refractivity contribution in [2.75, 3.05) is 0 Å². The Morgan fingerprint density at radius 2 is 1.89 bits per heavy atom. The molecule has 2 bridgehead atoms. The number of hydrogen-bond acceptors (Lipinski definition) is 6. The van der Waals surface area contributed by atoms with Crippen LogP contribution < -0.4 is 5.32 Å². The number of carbonyl (C=O) groups is 2. The van der Waals surface area contributed by atoms with Crippen molar-refractivity contribution in [1.82, 2.24) is 10.2 Å². The van der Waals surface area contributed by atoms with E-state index >= 15 is 0 Å². The summed E-state index contributed by atoms with van der Waals surface area (Å²) in [6, 6.07) is 10.8. The number of piperidine rings is 1. The van der Waals surface area contributed by atoms with Gasteiger partial charge in [-0.05, 0) is 91.9 Å². The quantitative estimate of drug-likeness (QED) is 0.566. The average molecular weight is 527 g/mol. The topological polar surface area (TPSA) is 123 Å². The fourth-order valence-electron chi connectivity index (χ4n) is 5.16. The van der Waals surface area contributed by atoms with Gasteiger partial charge in [0.15, 0.2) is 0 Å². The van der Waals surface area contributed by atoms with Gasteiger partial charge in [0, 0.05) is 17.4 Å². The third kappa shape index (κ3) is 6.00. The van der Waals surface area contributed by atoms with Crippen LogP contribution in [0.3, 0.4) is 0 Å². The molecule has 1 heterocycles. The van der Waals surface area contributed by atoms with Crippen LogP contribution in [0.4, 0.5) is 9.18 Å². The molecule has 2 fully saturated rings. The Balaban J connectivity index is 1.45. The molecule has 0 spiro atoms. The molecule has 4 rings (SSSR count). The monoisotopic (exact) mass is 526 g/mol. The lowest BCUT2D eigenvalue weighted by molar-refractivity contribution is -0.128. The van der Waals surface area contributed by atoms with Crippen molar-refractivity contribution in [3.63, 3.8) is 0 Å². The Kier molecular flexibility index (Phi) is 7.67. The smallest absolute Gasteiger partial charge is 0.411 e. The molecule has 2 aromatic rings. The number of nitriles is 1. The second kappa shape index (κ2) is 10.6. The maximum atomic E-state index is 14.9. The number of hydrogen-bond donors (Lipinski definition) is 1. The molecule has 10 heteroatoms. The summed E-state index contributed by atoms with van der Waals surface area (Å²) < 4.78 is 42.5. The van der Waals surface area contributed by atoms with Gasteiger partial charge in [-0.2, -0.15) is 5.26 Å². The highest BCUT2D eigenvalue weighted by Crippen LogP contribution is 2.43. The number of carbonyl (C=O) groups excluding carboxylic acids is 2. The van der Waals surface area contributed by atoms with Crippen molar-refractivity contribution < 1.29 is 27.5 Å². The van der Waals surface area contributed by atoms with Crippen molar-refractivity contribution in [3.8, 4) is 17.2 Å². The molecule has 0 aromatic heterocycles. The van der Waals surface area contributed by atoms with Gasteiger partial charge in [-0.3, -0.25) is 13.9 Å². The standard InChI is InChI=1S/C27H30FN3O5S/c1-27(2,3)36-26(33)31-21-9-6-19(13-21)24(31)25(32)30-20(15-29)12-18-5-4-17(14-23(18)28)16-7-10-22(11-8-16)37(34)35/h4-5,7-8,10-11,14,19-21,24H,6,9,12-13H2,1-3H3,(H,30,32)(H,34,35)/p-1. The Morgan fingerprint density at radius 3 is 2.49 bits per heavy atom. The van der Waals surface area contributed by atoms with Crippen LogP contribution in [-0.4, -0.2) is 49.4 Å². The van der Waals surface area contributed by atoms with Gasteiger partial charge in [0.1, 0.15) is 23.5 Å². The van der Waals surface area contributed by atoms with Crippen molar-refractivity contribution in [3.05, 3.63) is 53.8 Å². The Morgan fingerprint density at radius 1 is 1.22 bits per heavy atom. The largest absolute Gasteiger partial charge is 0.768 e. The summed E-state index contributed by atoms with van der Waals surface area (Å²) in [6.45, 7) is 5.30. The van der Waals surface area contributed by atoms with E-state index in [4.69, 9.17) is 4.74 Å². The van der Waals surface area contributed by atoms with Crippen LogP contribution >= 0.6 is 0 Å². The molecule has 1 saturated heterocycles. The van der Waals surface area contributed by atoms with E-state index in [1.807, 2.05) is 6.07 Å². The number of halogens is 1. The molecule has 2 amide bonds. The Hall–Kier alpha value is -3.29. The summed E-state index contributed by atoms with van der Waals surface area (Å²) >= 11 is -2.34. The van der Waals surface area contributed by atoms with E-state index in [0.717, 1.165) is 19.3 Å². The molecule has 5 unspecified atom stereocenters. The van der Waals surface area contributed by atoms with Gasteiger partial charge in [0.2, 0.25) is 5.91 Å². The summed E-state index contributed by atoms with van der Waals surface area (Å²) in [6.07, 6.45) is 1.77. The van der Waals surface area contributed by atoms with Crippen LogP contribution in [0.15, 0.2) is 47.4 Å². The van der Waals surface area contributed by atoms with Gasteiger partial charge >= 0.3 is 6.09 Å². The van der Waals surface area contributed by atoms with Crippen LogP contribution in [-0.2, 0) is 27.0 Å². The molecule has 1 aliphatic heterocycles. The molecule has 5 atom stereocenters. The number of amides is 2. The fraction of sp³-hybridized carbons (Fsp3) is 0.444. The van der Waals surface area contributed by atoms with Crippen LogP contribution in [0.5, 0.6) is 0 Å². The summed E-state index contributed by atoms with van der Waals surface area (Å²) in [7, 11) is 0. The highest BCUT2D eigenvalue weighted by molar-refractivity contribution is 7.79. The third-order valence-corrected chi connectivity index (χ3v) is 7.44. The summed E-state index contributed by atoms with van der Waals surface area (Å²) in [5.41, 5.74) is 0.751. The highest BCUT2D eigenvalue weighted by atomic mass is 32.2. The zero-order chi connectivity index (χ0) is 26.9. The third-order valence-electron chi connectivity index (χ3n) is 6.79. The molecular weight excluding hydrogens is 497 g/mol. The van der Waals surface area contributed by atoms with E-state index in [1.165, 1.54) is 23.1 Å². The van der Waals surface area contributed by atoms with Gasteiger partial charge in [0.05, 0.1) is 6.07 Å². The van der Waals surface area contributed by atoms with Crippen molar-refractivity contribution >= 4 is 23.1 Å². The van der Waals surface area contributed by atoms with Gasteiger partial charge < -0.3 is 14.6 Å². The molecule has 1 saturated carbocycles. The van der Waals surface area contributed by atoms with Crippen molar-refractivity contribution in [1.29, 1.82) is 5.26 Å². The highest BCUT2D eigenvalue weighted by Gasteiger charge is 2.52. The zero-order valence-electron chi connectivity index (χ0n) is 20.9. The second-order valence-corrected chi connectivity index (χ2v) is 11.5. The second-order valence-electron chi connectivity index (χ2n) is 10.5. The number of ether oxygens (including phenoxy) is 1. The lowest BCUT2D eigenvalue weighted by Crippen LogP contribution is -2.55. The minimum Gasteiger partial charge on any atom is -0.768 e. The maximum Gasteiger partial charge on any atom is 0.411 e. The minimum atomic E-state index is -2.34. The molecule has 0 radical (unpaired) electrons. The molecule has 2 aromatic carbocycles. The van der Waals surface area contributed by atoms with Gasteiger partial charge in [-0.15, -0.1) is 0 Å². The maximum absolute atomic E-state index is 14.9. The van der Waals surface area contributed by atoms with E-state index in [2.05, 4.69) is 5.32 Å². The Bertz CT molecular complexity index is 1250. The average Bonchev–Trinajstić information content (AvgIpc) is 3.45. The molecule has 2 aliphatic rings. The first-order valence-electron chi connectivity index (χ1n) is 12.2. The predicted molar refractivity (Wildman–Crippen MR) is 133 cm³/mol. The molecule has 8 nitrogen and oxygen atoms in total. The SMILES string of the molecule is CC(C)(C)OC(=O)N1C2CCC(C2)C1C(=O)NC(C#N)Cc1ccc(-c2ccc(S(=O)[O-])cc2)cc1F. The summed E-state index contributed by atoms with van der Waals surface area (Å²) in [5.74, 6) is -0.977. The Labute approximate surface area is 218 Å². The van der Waals surface area contributed by atoms with Crippen molar-refractivity contribution in [2.45, 2.75) is 75.1 Å². The van der Waals surface area contributed by atoms with Crippen LogP contribution in [0.2, 0.25) is 0 Å². The number of likely N-dealkylation sites (tertiary alicyclic amines) is 1. The van der Waals surface area contributed by atoms with Crippen LogP contribution in [0.25, 0.3) is 11.1 Å². The van der Waals surface area contributed by atoms with E-state index in [9.17, 15) is 28.0 Å². The summed E-state index contributed by atoms with van der Waals surface area (Å²) in [5, 5.41) is 12.4.